The smallest absolute Gasteiger partial charge is 0.286 e. The largest absolute Gasteiger partial charge is 0.322 e. The van der Waals surface area contributed by atoms with Gasteiger partial charge in [-0.05, 0) is 18.8 Å². The van der Waals surface area contributed by atoms with Crippen molar-refractivity contribution in [2.75, 3.05) is 5.32 Å². The maximum atomic E-state index is 13.0. The number of carbonyl (C=O) groups excluding carboxylic acids is 1. The Morgan fingerprint density at radius 3 is 2.97 bits per heavy atom. The summed E-state index contributed by atoms with van der Waals surface area (Å²) in [6, 6.07) is 1.77. The van der Waals surface area contributed by atoms with Crippen LogP contribution in [0.1, 0.15) is 49.2 Å². The number of aromatic nitrogens is 6. The molecular formula is C19H19N7O2S. The lowest BCUT2D eigenvalue weighted by Crippen LogP contribution is -2.30. The van der Waals surface area contributed by atoms with Crippen molar-refractivity contribution in [3.63, 3.8) is 0 Å². The fraction of sp³-hybridized carbons (Fsp3) is 0.368. The van der Waals surface area contributed by atoms with E-state index in [0.29, 0.717) is 27.5 Å². The summed E-state index contributed by atoms with van der Waals surface area (Å²) in [4.78, 5) is 34.4. The highest BCUT2D eigenvalue weighted by molar-refractivity contribution is 7.18. The lowest BCUT2D eigenvalue weighted by molar-refractivity contribution is -0.117. The van der Waals surface area contributed by atoms with Gasteiger partial charge in [0.25, 0.3) is 5.56 Å². The number of amides is 1. The third-order valence-corrected chi connectivity index (χ3v) is 6.05. The Labute approximate surface area is 169 Å². The van der Waals surface area contributed by atoms with Crippen molar-refractivity contribution < 1.29 is 4.79 Å². The van der Waals surface area contributed by atoms with E-state index in [-0.39, 0.29) is 23.9 Å². The molecule has 0 spiro atoms. The standard InChI is InChI=1S/C19H19N7O2S/c1-10(2)15-16-17(29-18(23-16)11-3-4-11)19(28)26(24-15)9-14(27)22-12-7-20-13-5-6-21-25(13)8-12/h5-8,10-11H,3-4,9H2,1-2H3,(H,22,27). The Kier molecular flexibility index (Phi) is 4.16. The van der Waals surface area contributed by atoms with Crippen LogP contribution < -0.4 is 10.9 Å². The van der Waals surface area contributed by atoms with E-state index in [4.69, 9.17) is 4.98 Å². The highest BCUT2D eigenvalue weighted by Crippen LogP contribution is 2.43. The molecule has 0 aromatic carbocycles. The SMILES string of the molecule is CC(C)c1nn(CC(=O)Nc2cnc3ccnn3c2)c(=O)c2sc(C3CC3)nc12. The number of thiazole rings is 1. The first-order valence-corrected chi connectivity index (χ1v) is 10.3. The number of hydrogen-bond acceptors (Lipinski definition) is 7. The van der Waals surface area contributed by atoms with Crippen LogP contribution in [0.2, 0.25) is 0 Å². The van der Waals surface area contributed by atoms with E-state index < -0.39 is 0 Å². The quantitative estimate of drug-likeness (QED) is 0.543. The molecule has 0 atom stereocenters. The molecule has 5 rings (SSSR count). The van der Waals surface area contributed by atoms with E-state index in [9.17, 15) is 9.59 Å². The number of rotatable bonds is 5. The van der Waals surface area contributed by atoms with Crippen molar-refractivity contribution >= 4 is 38.8 Å². The first kappa shape index (κ1) is 17.9. The van der Waals surface area contributed by atoms with Crippen molar-refractivity contribution in [3.8, 4) is 0 Å². The molecule has 4 heterocycles. The second kappa shape index (κ2) is 6.73. The van der Waals surface area contributed by atoms with E-state index in [0.717, 1.165) is 23.5 Å². The summed E-state index contributed by atoms with van der Waals surface area (Å²) in [6.07, 6.45) is 7.10. The molecular weight excluding hydrogens is 390 g/mol. The number of carbonyl (C=O) groups is 1. The minimum absolute atomic E-state index is 0.0907. The van der Waals surface area contributed by atoms with Gasteiger partial charge in [0.15, 0.2) is 5.65 Å². The average molecular weight is 409 g/mol. The number of nitrogens with one attached hydrogen (secondary N) is 1. The van der Waals surface area contributed by atoms with E-state index in [1.165, 1.54) is 16.0 Å². The van der Waals surface area contributed by atoms with Gasteiger partial charge < -0.3 is 5.32 Å². The van der Waals surface area contributed by atoms with Crippen LogP contribution in [0.15, 0.2) is 29.5 Å². The Morgan fingerprint density at radius 2 is 2.21 bits per heavy atom. The molecule has 1 saturated carbocycles. The summed E-state index contributed by atoms with van der Waals surface area (Å²) in [5.74, 6) is 0.204. The number of fused-ring (bicyclic) bond motifs is 2. The van der Waals surface area contributed by atoms with E-state index >= 15 is 0 Å². The van der Waals surface area contributed by atoms with Gasteiger partial charge in [-0.25, -0.2) is 19.2 Å². The zero-order chi connectivity index (χ0) is 20.1. The van der Waals surface area contributed by atoms with Gasteiger partial charge in [0.1, 0.15) is 16.8 Å². The minimum Gasteiger partial charge on any atom is -0.322 e. The molecule has 1 fully saturated rings. The highest BCUT2D eigenvalue weighted by atomic mass is 32.1. The molecule has 0 unspecified atom stereocenters. The Morgan fingerprint density at radius 1 is 1.38 bits per heavy atom. The molecule has 0 bridgehead atoms. The van der Waals surface area contributed by atoms with Crippen LogP contribution in [-0.4, -0.2) is 35.3 Å². The van der Waals surface area contributed by atoms with Gasteiger partial charge >= 0.3 is 0 Å². The maximum absolute atomic E-state index is 13.0. The monoisotopic (exact) mass is 409 g/mol. The second-order valence-electron chi connectivity index (χ2n) is 7.53. The summed E-state index contributed by atoms with van der Waals surface area (Å²) in [6.45, 7) is 3.85. The zero-order valence-corrected chi connectivity index (χ0v) is 16.8. The molecule has 0 aliphatic heterocycles. The molecule has 0 saturated heterocycles. The fourth-order valence-corrected chi connectivity index (χ4v) is 4.40. The normalized spacial score (nSPS) is 14.2. The van der Waals surface area contributed by atoms with Crippen LogP contribution in [0, 0.1) is 0 Å². The Balaban J connectivity index is 1.46. The number of hydrogen-bond donors (Lipinski definition) is 1. The molecule has 1 N–H and O–H groups in total. The van der Waals surface area contributed by atoms with Crippen LogP contribution in [0.4, 0.5) is 5.69 Å². The maximum Gasteiger partial charge on any atom is 0.286 e. The van der Waals surface area contributed by atoms with Gasteiger partial charge in [-0.1, -0.05) is 13.8 Å². The average Bonchev–Trinajstić information content (AvgIpc) is 3.26. The fourth-order valence-electron chi connectivity index (χ4n) is 3.21. The first-order valence-electron chi connectivity index (χ1n) is 9.50. The predicted octanol–water partition coefficient (Wildman–Crippen LogP) is 2.54. The summed E-state index contributed by atoms with van der Waals surface area (Å²) in [7, 11) is 0. The predicted molar refractivity (Wildman–Crippen MR) is 109 cm³/mol. The lowest BCUT2D eigenvalue weighted by atomic mass is 10.1. The molecule has 0 radical (unpaired) electrons. The van der Waals surface area contributed by atoms with Crippen molar-refractivity contribution in [3.05, 3.63) is 45.7 Å². The third-order valence-electron chi connectivity index (χ3n) is 4.84. The molecule has 10 heteroatoms. The van der Waals surface area contributed by atoms with E-state index in [1.807, 2.05) is 13.8 Å². The van der Waals surface area contributed by atoms with Crippen LogP contribution in [0.5, 0.6) is 0 Å². The zero-order valence-electron chi connectivity index (χ0n) is 16.0. The summed E-state index contributed by atoms with van der Waals surface area (Å²) >= 11 is 1.44. The van der Waals surface area contributed by atoms with Crippen molar-refractivity contribution in [2.24, 2.45) is 0 Å². The minimum atomic E-state index is -0.353. The number of nitrogens with zero attached hydrogens (tertiary/aromatic N) is 6. The summed E-state index contributed by atoms with van der Waals surface area (Å²) in [5.41, 5.74) is 2.34. The number of anilines is 1. The van der Waals surface area contributed by atoms with Crippen LogP contribution in [0.25, 0.3) is 15.9 Å². The Bertz CT molecular complexity index is 1300. The molecule has 9 nitrogen and oxygen atoms in total. The second-order valence-corrected chi connectivity index (χ2v) is 8.56. The third kappa shape index (κ3) is 3.29. The van der Waals surface area contributed by atoms with Gasteiger partial charge in [0.05, 0.1) is 35.0 Å². The van der Waals surface area contributed by atoms with Gasteiger partial charge in [-0.15, -0.1) is 11.3 Å². The lowest BCUT2D eigenvalue weighted by Gasteiger charge is -2.10. The van der Waals surface area contributed by atoms with E-state index in [2.05, 4.69) is 20.5 Å². The molecule has 4 aromatic heterocycles. The topological polar surface area (TPSA) is 107 Å². The van der Waals surface area contributed by atoms with Gasteiger partial charge in [-0.2, -0.15) is 10.2 Å². The summed E-state index contributed by atoms with van der Waals surface area (Å²) < 4.78 is 3.39. The van der Waals surface area contributed by atoms with Gasteiger partial charge in [0, 0.05) is 12.0 Å². The molecule has 1 aliphatic rings. The molecule has 1 aliphatic carbocycles. The van der Waals surface area contributed by atoms with Crippen LogP contribution >= 0.6 is 11.3 Å². The van der Waals surface area contributed by atoms with Gasteiger partial charge in [0.2, 0.25) is 5.91 Å². The molecule has 1 amide bonds. The summed E-state index contributed by atoms with van der Waals surface area (Å²) in [5, 5.41) is 12.3. The first-order chi connectivity index (χ1) is 14.0. The van der Waals surface area contributed by atoms with Crippen molar-refractivity contribution in [1.82, 2.24) is 29.4 Å². The molecule has 4 aromatic rings. The van der Waals surface area contributed by atoms with Gasteiger partial charge in [-0.3, -0.25) is 9.59 Å². The van der Waals surface area contributed by atoms with Crippen LogP contribution in [-0.2, 0) is 11.3 Å². The van der Waals surface area contributed by atoms with Crippen LogP contribution in [0.3, 0.4) is 0 Å². The highest BCUT2D eigenvalue weighted by Gasteiger charge is 2.29. The van der Waals surface area contributed by atoms with E-state index in [1.54, 1.807) is 29.2 Å². The van der Waals surface area contributed by atoms with Crippen molar-refractivity contribution in [1.29, 1.82) is 0 Å². The van der Waals surface area contributed by atoms with Crippen molar-refractivity contribution in [2.45, 2.75) is 45.1 Å². The molecule has 29 heavy (non-hydrogen) atoms. The Hall–Kier alpha value is -3.14. The molecule has 148 valence electrons.